The van der Waals surface area contributed by atoms with E-state index in [0.717, 1.165) is 30.8 Å². The van der Waals surface area contributed by atoms with Gasteiger partial charge < -0.3 is 10.8 Å². The molecule has 0 aromatic carbocycles. The van der Waals surface area contributed by atoms with E-state index in [-0.39, 0.29) is 5.54 Å². The topological polar surface area (TPSA) is 46.2 Å². The first-order valence-electron chi connectivity index (χ1n) is 6.25. The minimum Gasteiger partial charge on any atom is -0.387 e. The van der Waals surface area contributed by atoms with E-state index >= 15 is 0 Å². The van der Waals surface area contributed by atoms with Gasteiger partial charge >= 0.3 is 0 Å². The van der Waals surface area contributed by atoms with Crippen LogP contribution in [0.5, 0.6) is 0 Å². The van der Waals surface area contributed by atoms with Crippen LogP contribution >= 0.6 is 11.8 Å². The lowest BCUT2D eigenvalue weighted by atomic mass is 9.72. The molecule has 88 valence electrons. The van der Waals surface area contributed by atoms with Crippen molar-refractivity contribution in [3.63, 3.8) is 0 Å². The van der Waals surface area contributed by atoms with Crippen molar-refractivity contribution in [2.75, 3.05) is 11.5 Å². The fraction of sp³-hybridized carbons (Fsp3) is 1.00. The summed E-state index contributed by atoms with van der Waals surface area (Å²) in [6.07, 6.45) is 9.27. The molecule has 0 radical (unpaired) electrons. The van der Waals surface area contributed by atoms with Gasteiger partial charge in [0.1, 0.15) is 0 Å². The van der Waals surface area contributed by atoms with Gasteiger partial charge in [0.2, 0.25) is 0 Å². The highest BCUT2D eigenvalue weighted by Gasteiger charge is 2.48. The molecule has 1 saturated heterocycles. The van der Waals surface area contributed by atoms with Crippen molar-refractivity contribution in [3.05, 3.63) is 0 Å². The normalized spacial score (nSPS) is 37.2. The third-order valence-corrected chi connectivity index (χ3v) is 5.35. The number of rotatable bonds is 1. The molecular weight excluding hydrogens is 206 g/mol. The number of aliphatic hydroxyl groups is 1. The molecule has 1 unspecified atom stereocenters. The number of hydrogen-bond donors (Lipinski definition) is 2. The largest absolute Gasteiger partial charge is 0.387 e. The maximum atomic E-state index is 10.6. The van der Waals surface area contributed by atoms with E-state index in [1.54, 1.807) is 0 Å². The first-order valence-corrected chi connectivity index (χ1v) is 7.41. The lowest BCUT2D eigenvalue weighted by Crippen LogP contribution is -2.61. The van der Waals surface area contributed by atoms with E-state index < -0.39 is 5.60 Å². The van der Waals surface area contributed by atoms with Gasteiger partial charge in [0.15, 0.2) is 0 Å². The van der Waals surface area contributed by atoms with E-state index in [9.17, 15) is 5.11 Å². The molecule has 0 aromatic rings. The van der Waals surface area contributed by atoms with Crippen LogP contribution in [0.15, 0.2) is 0 Å². The summed E-state index contributed by atoms with van der Waals surface area (Å²) < 4.78 is 0. The zero-order chi connectivity index (χ0) is 10.8. The molecule has 1 atom stereocenters. The van der Waals surface area contributed by atoms with Crippen molar-refractivity contribution in [1.29, 1.82) is 0 Å². The third-order valence-electron chi connectivity index (χ3n) is 4.17. The van der Waals surface area contributed by atoms with Crippen molar-refractivity contribution in [2.24, 2.45) is 5.73 Å². The van der Waals surface area contributed by atoms with E-state index in [4.69, 9.17) is 5.73 Å². The van der Waals surface area contributed by atoms with E-state index in [1.807, 2.05) is 11.8 Å². The second-order valence-electron chi connectivity index (χ2n) is 5.26. The SMILES string of the molecule is NC1(C2(O)CCSC2)CCCCCCC1. The van der Waals surface area contributed by atoms with Gasteiger partial charge in [-0.1, -0.05) is 32.1 Å². The van der Waals surface area contributed by atoms with Gasteiger partial charge in [-0.2, -0.15) is 11.8 Å². The number of hydrogen-bond acceptors (Lipinski definition) is 3. The van der Waals surface area contributed by atoms with Crippen LogP contribution in [0.2, 0.25) is 0 Å². The van der Waals surface area contributed by atoms with Crippen LogP contribution in [0.25, 0.3) is 0 Å². The van der Waals surface area contributed by atoms with Crippen LogP contribution in [0.1, 0.15) is 51.4 Å². The maximum absolute atomic E-state index is 10.6. The standard InChI is InChI=1S/C12H23NOS/c13-11(12(14)8-9-15-10-12)6-4-2-1-3-5-7-11/h14H,1-10,13H2. The van der Waals surface area contributed by atoms with Gasteiger partial charge in [0.25, 0.3) is 0 Å². The molecule has 1 aliphatic heterocycles. The van der Waals surface area contributed by atoms with Crippen molar-refractivity contribution in [1.82, 2.24) is 0 Å². The Balaban J connectivity index is 2.07. The predicted octanol–water partition coefficient (Wildman–Crippen LogP) is 2.30. The molecule has 1 aliphatic carbocycles. The van der Waals surface area contributed by atoms with Crippen LogP contribution in [-0.2, 0) is 0 Å². The number of thioether (sulfide) groups is 1. The molecule has 15 heavy (non-hydrogen) atoms. The summed E-state index contributed by atoms with van der Waals surface area (Å²) in [7, 11) is 0. The average Bonchev–Trinajstić information content (AvgIpc) is 2.61. The lowest BCUT2D eigenvalue weighted by molar-refractivity contribution is -0.0245. The summed E-state index contributed by atoms with van der Waals surface area (Å²) in [6.45, 7) is 0. The van der Waals surface area contributed by atoms with Crippen molar-refractivity contribution in [2.45, 2.75) is 62.5 Å². The molecule has 3 N–H and O–H groups in total. The molecule has 2 rings (SSSR count). The summed E-state index contributed by atoms with van der Waals surface area (Å²) >= 11 is 1.86. The Bertz CT molecular complexity index is 206. The van der Waals surface area contributed by atoms with Crippen LogP contribution in [0.3, 0.4) is 0 Å². The van der Waals surface area contributed by atoms with Crippen molar-refractivity contribution < 1.29 is 5.11 Å². The monoisotopic (exact) mass is 229 g/mol. The van der Waals surface area contributed by atoms with Crippen LogP contribution in [0.4, 0.5) is 0 Å². The van der Waals surface area contributed by atoms with Gasteiger partial charge in [0.05, 0.1) is 5.60 Å². The Hall–Kier alpha value is 0.270. The molecule has 0 bridgehead atoms. The summed E-state index contributed by atoms with van der Waals surface area (Å²) in [4.78, 5) is 0. The van der Waals surface area contributed by atoms with Gasteiger partial charge in [-0.3, -0.25) is 0 Å². The summed E-state index contributed by atoms with van der Waals surface area (Å²) in [5.41, 5.74) is 5.64. The Morgan fingerprint density at radius 1 is 0.933 bits per heavy atom. The van der Waals surface area contributed by atoms with Crippen molar-refractivity contribution >= 4 is 11.8 Å². The zero-order valence-corrected chi connectivity index (χ0v) is 10.3. The second kappa shape index (κ2) is 4.64. The van der Waals surface area contributed by atoms with Gasteiger partial charge in [-0.05, 0) is 25.0 Å². The molecule has 0 amide bonds. The molecule has 2 fully saturated rings. The summed E-state index contributed by atoms with van der Waals surface area (Å²) in [6, 6.07) is 0. The van der Waals surface area contributed by atoms with E-state index in [2.05, 4.69) is 0 Å². The third kappa shape index (κ3) is 2.34. The molecule has 2 nitrogen and oxygen atoms in total. The van der Waals surface area contributed by atoms with Crippen LogP contribution < -0.4 is 5.73 Å². The van der Waals surface area contributed by atoms with Gasteiger partial charge in [-0.25, -0.2) is 0 Å². The van der Waals surface area contributed by atoms with Crippen LogP contribution in [-0.4, -0.2) is 27.8 Å². The highest BCUT2D eigenvalue weighted by atomic mass is 32.2. The summed E-state index contributed by atoms with van der Waals surface area (Å²) in [5, 5.41) is 10.6. The molecule has 3 heteroatoms. The quantitative estimate of drug-likeness (QED) is 0.725. The zero-order valence-electron chi connectivity index (χ0n) is 9.50. The first-order chi connectivity index (χ1) is 7.16. The minimum absolute atomic E-state index is 0.295. The lowest BCUT2D eigenvalue weighted by Gasteiger charge is -2.43. The Labute approximate surface area is 97.0 Å². The average molecular weight is 229 g/mol. The molecule has 0 aromatic heterocycles. The predicted molar refractivity (Wildman–Crippen MR) is 66.1 cm³/mol. The van der Waals surface area contributed by atoms with Crippen molar-refractivity contribution in [3.8, 4) is 0 Å². The van der Waals surface area contributed by atoms with Gasteiger partial charge in [0, 0.05) is 11.3 Å². The second-order valence-corrected chi connectivity index (χ2v) is 6.36. The van der Waals surface area contributed by atoms with Gasteiger partial charge in [-0.15, -0.1) is 0 Å². The number of nitrogens with two attached hydrogens (primary N) is 1. The Kier molecular flexibility index (Phi) is 3.63. The van der Waals surface area contributed by atoms with E-state index in [1.165, 1.54) is 32.1 Å². The summed E-state index contributed by atoms with van der Waals surface area (Å²) in [5.74, 6) is 1.93. The molecule has 1 heterocycles. The Morgan fingerprint density at radius 3 is 2.07 bits per heavy atom. The Morgan fingerprint density at radius 2 is 1.53 bits per heavy atom. The molecular formula is C12H23NOS. The molecule has 0 spiro atoms. The smallest absolute Gasteiger partial charge is 0.0923 e. The highest BCUT2D eigenvalue weighted by molar-refractivity contribution is 7.99. The molecule has 2 aliphatic rings. The van der Waals surface area contributed by atoms with E-state index in [0.29, 0.717) is 0 Å². The first kappa shape index (κ1) is 11.7. The fourth-order valence-electron chi connectivity index (χ4n) is 2.95. The fourth-order valence-corrected chi connectivity index (χ4v) is 4.34. The highest BCUT2D eigenvalue weighted by Crippen LogP contribution is 2.41. The van der Waals surface area contributed by atoms with Crippen LogP contribution in [0, 0.1) is 0 Å². The maximum Gasteiger partial charge on any atom is 0.0923 e. The minimum atomic E-state index is -0.574. The molecule has 1 saturated carbocycles.